The summed E-state index contributed by atoms with van der Waals surface area (Å²) in [7, 11) is 0. The lowest BCUT2D eigenvalue weighted by atomic mass is 9.85. The fraction of sp³-hybridized carbons (Fsp3) is 0.333. The van der Waals surface area contributed by atoms with Gasteiger partial charge in [-0.25, -0.2) is 5.43 Å². The minimum atomic E-state index is -0.563. The van der Waals surface area contributed by atoms with Gasteiger partial charge >= 0.3 is 0 Å². The lowest BCUT2D eigenvalue weighted by Crippen LogP contribution is -2.31. The summed E-state index contributed by atoms with van der Waals surface area (Å²) >= 11 is 5.69. The molecule has 1 amide bonds. The second-order valence-corrected chi connectivity index (χ2v) is 4.74. The zero-order chi connectivity index (χ0) is 13.8. The van der Waals surface area contributed by atoms with Gasteiger partial charge < -0.3 is 0 Å². The molecule has 0 heterocycles. The first-order valence-electron chi connectivity index (χ1n) is 5.85. The Morgan fingerprint density at radius 1 is 1.53 bits per heavy atom. The van der Waals surface area contributed by atoms with Crippen molar-refractivity contribution in [3.8, 4) is 0 Å². The standard InChI is InChI=1S/C12H12ClN3O3/c13-10-5-4-8(6-11(10)16(18)19)7-14-15-12(17)9-2-1-3-9/h4-7,9H,1-3H2,(H,15,17)/b14-7+. The van der Waals surface area contributed by atoms with Crippen molar-refractivity contribution in [1.29, 1.82) is 0 Å². The smallest absolute Gasteiger partial charge is 0.273 e. The number of benzene rings is 1. The molecule has 1 N–H and O–H groups in total. The van der Waals surface area contributed by atoms with Crippen LogP contribution in [-0.4, -0.2) is 17.0 Å². The van der Waals surface area contributed by atoms with Gasteiger partial charge in [0.05, 0.1) is 11.1 Å². The molecular formula is C12H12ClN3O3. The SMILES string of the molecule is O=C(N/N=C/c1ccc(Cl)c([N+](=O)[O-])c1)C1CCC1. The summed E-state index contributed by atoms with van der Waals surface area (Å²) in [6.45, 7) is 0. The Kier molecular flexibility index (Phi) is 4.11. The summed E-state index contributed by atoms with van der Waals surface area (Å²) in [6, 6.07) is 4.32. The van der Waals surface area contributed by atoms with Crippen molar-refractivity contribution in [2.24, 2.45) is 11.0 Å². The highest BCUT2D eigenvalue weighted by molar-refractivity contribution is 6.32. The molecule has 1 aliphatic rings. The van der Waals surface area contributed by atoms with Gasteiger partial charge in [-0.2, -0.15) is 5.10 Å². The van der Waals surface area contributed by atoms with E-state index in [1.54, 1.807) is 6.07 Å². The van der Waals surface area contributed by atoms with Crippen molar-refractivity contribution in [2.75, 3.05) is 0 Å². The number of hydrazone groups is 1. The van der Waals surface area contributed by atoms with Crippen molar-refractivity contribution in [2.45, 2.75) is 19.3 Å². The third-order valence-electron chi connectivity index (χ3n) is 3.03. The summed E-state index contributed by atoms with van der Waals surface area (Å²) in [6.07, 6.45) is 4.23. The minimum absolute atomic E-state index is 0.0525. The molecule has 6 nitrogen and oxygen atoms in total. The van der Waals surface area contributed by atoms with E-state index in [1.807, 2.05) is 0 Å². The maximum atomic E-state index is 11.5. The lowest BCUT2D eigenvalue weighted by molar-refractivity contribution is -0.384. The Bertz CT molecular complexity index is 541. The lowest BCUT2D eigenvalue weighted by Gasteiger charge is -2.22. The van der Waals surface area contributed by atoms with Gasteiger partial charge in [-0.1, -0.05) is 24.1 Å². The first kappa shape index (κ1) is 13.5. The van der Waals surface area contributed by atoms with Gasteiger partial charge in [0.2, 0.25) is 5.91 Å². The van der Waals surface area contributed by atoms with Crippen LogP contribution in [-0.2, 0) is 4.79 Å². The van der Waals surface area contributed by atoms with Gasteiger partial charge in [0, 0.05) is 17.5 Å². The molecule has 1 aromatic rings. The number of carbonyl (C=O) groups excluding carboxylic acids is 1. The summed E-state index contributed by atoms with van der Waals surface area (Å²) in [5.74, 6) is -0.0531. The number of nitrogens with zero attached hydrogens (tertiary/aromatic N) is 2. The number of nitrogens with one attached hydrogen (secondary N) is 1. The Morgan fingerprint density at radius 2 is 2.26 bits per heavy atom. The first-order valence-corrected chi connectivity index (χ1v) is 6.22. The molecule has 0 atom stereocenters. The van der Waals surface area contributed by atoms with Gasteiger partial charge in [0.1, 0.15) is 5.02 Å². The summed E-state index contributed by atoms with van der Waals surface area (Å²) in [4.78, 5) is 21.6. The molecule has 0 bridgehead atoms. The Labute approximate surface area is 114 Å². The second-order valence-electron chi connectivity index (χ2n) is 4.33. The predicted molar refractivity (Wildman–Crippen MR) is 71.2 cm³/mol. The molecule has 1 fully saturated rings. The van der Waals surface area contributed by atoms with Crippen LogP contribution in [0.5, 0.6) is 0 Å². The van der Waals surface area contributed by atoms with Gasteiger partial charge in [-0.05, 0) is 18.9 Å². The van der Waals surface area contributed by atoms with Crippen molar-refractivity contribution in [1.82, 2.24) is 5.43 Å². The summed E-state index contributed by atoms with van der Waals surface area (Å²) in [5.41, 5.74) is 2.74. The molecule has 1 aromatic carbocycles. The van der Waals surface area contributed by atoms with Crippen molar-refractivity contribution in [3.63, 3.8) is 0 Å². The topological polar surface area (TPSA) is 84.6 Å². The fourth-order valence-corrected chi connectivity index (χ4v) is 1.87. The number of hydrogen-bond acceptors (Lipinski definition) is 4. The van der Waals surface area contributed by atoms with Crippen LogP contribution in [0.1, 0.15) is 24.8 Å². The van der Waals surface area contributed by atoms with E-state index in [9.17, 15) is 14.9 Å². The monoisotopic (exact) mass is 281 g/mol. The quantitative estimate of drug-likeness (QED) is 0.523. The van der Waals surface area contributed by atoms with Crippen LogP contribution < -0.4 is 5.43 Å². The Hall–Kier alpha value is -1.95. The van der Waals surface area contributed by atoms with Crippen molar-refractivity contribution >= 4 is 29.4 Å². The highest BCUT2D eigenvalue weighted by Crippen LogP contribution is 2.26. The molecule has 0 radical (unpaired) electrons. The van der Waals surface area contributed by atoms with E-state index in [2.05, 4.69) is 10.5 Å². The summed E-state index contributed by atoms with van der Waals surface area (Å²) in [5, 5.41) is 14.6. The number of carbonyl (C=O) groups is 1. The predicted octanol–water partition coefficient (Wildman–Crippen LogP) is 2.50. The minimum Gasteiger partial charge on any atom is -0.273 e. The number of nitro groups is 1. The van der Waals surface area contributed by atoms with Crippen LogP contribution in [0.15, 0.2) is 23.3 Å². The third-order valence-corrected chi connectivity index (χ3v) is 3.35. The normalized spacial score (nSPS) is 15.2. The van der Waals surface area contributed by atoms with Crippen LogP contribution in [0.3, 0.4) is 0 Å². The number of halogens is 1. The fourth-order valence-electron chi connectivity index (χ4n) is 1.68. The van der Waals surface area contributed by atoms with E-state index in [4.69, 9.17) is 11.6 Å². The van der Waals surface area contributed by atoms with Crippen LogP contribution in [0.25, 0.3) is 0 Å². The molecule has 0 spiro atoms. The summed E-state index contributed by atoms with van der Waals surface area (Å²) < 4.78 is 0. The molecule has 0 aliphatic heterocycles. The molecule has 0 unspecified atom stereocenters. The van der Waals surface area contributed by atoms with E-state index >= 15 is 0 Å². The van der Waals surface area contributed by atoms with Gasteiger partial charge in [-0.3, -0.25) is 14.9 Å². The molecule has 19 heavy (non-hydrogen) atoms. The van der Waals surface area contributed by atoms with Gasteiger partial charge in [0.15, 0.2) is 0 Å². The number of rotatable bonds is 4. The zero-order valence-corrected chi connectivity index (χ0v) is 10.8. The molecule has 2 rings (SSSR count). The molecule has 100 valence electrons. The van der Waals surface area contributed by atoms with E-state index in [0.29, 0.717) is 5.56 Å². The average molecular weight is 282 g/mol. The van der Waals surface area contributed by atoms with Crippen molar-refractivity contribution < 1.29 is 9.72 Å². The number of hydrogen-bond donors (Lipinski definition) is 1. The van der Waals surface area contributed by atoms with Crippen LogP contribution in [0.4, 0.5) is 5.69 Å². The first-order chi connectivity index (χ1) is 9.08. The van der Waals surface area contributed by atoms with E-state index in [1.165, 1.54) is 18.3 Å². The number of nitro benzene ring substituents is 1. The van der Waals surface area contributed by atoms with E-state index in [0.717, 1.165) is 19.3 Å². The highest BCUT2D eigenvalue weighted by atomic mass is 35.5. The van der Waals surface area contributed by atoms with E-state index < -0.39 is 4.92 Å². The highest BCUT2D eigenvalue weighted by Gasteiger charge is 2.24. The Balaban J connectivity index is 2.00. The van der Waals surface area contributed by atoms with E-state index in [-0.39, 0.29) is 22.5 Å². The molecule has 0 aromatic heterocycles. The average Bonchev–Trinajstić information content (AvgIpc) is 2.28. The maximum Gasteiger partial charge on any atom is 0.288 e. The second kappa shape index (κ2) is 5.79. The largest absolute Gasteiger partial charge is 0.288 e. The third kappa shape index (κ3) is 3.29. The van der Waals surface area contributed by atoms with Crippen LogP contribution >= 0.6 is 11.6 Å². The molecule has 1 saturated carbocycles. The molecular weight excluding hydrogens is 270 g/mol. The van der Waals surface area contributed by atoms with Gasteiger partial charge in [-0.15, -0.1) is 0 Å². The molecule has 7 heteroatoms. The zero-order valence-electron chi connectivity index (χ0n) is 10.0. The van der Waals surface area contributed by atoms with Gasteiger partial charge in [0.25, 0.3) is 5.69 Å². The van der Waals surface area contributed by atoms with Crippen LogP contribution in [0, 0.1) is 16.0 Å². The van der Waals surface area contributed by atoms with Crippen LogP contribution in [0.2, 0.25) is 5.02 Å². The molecule has 1 aliphatic carbocycles. The Morgan fingerprint density at radius 3 is 2.84 bits per heavy atom. The molecule has 0 saturated heterocycles. The number of amides is 1. The maximum absolute atomic E-state index is 11.5. The van der Waals surface area contributed by atoms with Crippen molar-refractivity contribution in [3.05, 3.63) is 38.9 Å².